The van der Waals surface area contributed by atoms with Crippen LogP contribution in [-0.2, 0) is 6.18 Å². The van der Waals surface area contributed by atoms with Crippen LogP contribution in [0.25, 0.3) is 77.2 Å². The highest BCUT2D eigenvalue weighted by Gasteiger charge is 2.32. The molecule has 0 amide bonds. The molecule has 0 N–H and O–H groups in total. The van der Waals surface area contributed by atoms with E-state index in [1.807, 2.05) is 33.4 Å². The second-order valence-electron chi connectivity index (χ2n) is 14.0. The summed E-state index contributed by atoms with van der Waals surface area (Å²) in [6.45, 7) is 0. The van der Waals surface area contributed by atoms with Crippen LogP contribution in [0.15, 0.2) is 127 Å². The van der Waals surface area contributed by atoms with E-state index in [9.17, 15) is 44.7 Å². The molecule has 0 atom stereocenters. The summed E-state index contributed by atoms with van der Waals surface area (Å²) in [5.74, 6) is 0. The second-order valence-corrected chi connectivity index (χ2v) is 14.0. The van der Waals surface area contributed by atoms with E-state index in [-0.39, 0.29) is 16.7 Å². The zero-order valence-corrected chi connectivity index (χ0v) is 30.8. The molecule has 8 nitrogen and oxygen atoms in total. The van der Waals surface area contributed by atoms with E-state index in [0.29, 0.717) is 93.9 Å². The van der Waals surface area contributed by atoms with E-state index < -0.39 is 11.7 Å². The fourth-order valence-corrected chi connectivity index (χ4v) is 8.06. The quantitative estimate of drug-likeness (QED) is 0.173. The van der Waals surface area contributed by atoms with Crippen LogP contribution in [0.4, 0.5) is 13.2 Å². The fraction of sp³-hybridized carbons (Fsp3) is 0.0204. The van der Waals surface area contributed by atoms with E-state index >= 15 is 0 Å². The molecular weight excluding hydrogens is 758 g/mol. The van der Waals surface area contributed by atoms with Gasteiger partial charge in [0.2, 0.25) is 0 Å². The van der Waals surface area contributed by atoms with Gasteiger partial charge in [0.25, 0.3) is 0 Å². The Balaban J connectivity index is 1.42. The number of aromatic nitrogens is 2. The molecule has 11 heteroatoms. The number of nitriles is 6. The summed E-state index contributed by atoms with van der Waals surface area (Å²) in [4.78, 5) is 0. The van der Waals surface area contributed by atoms with Crippen molar-refractivity contribution in [1.82, 2.24) is 9.13 Å². The molecule has 0 fully saturated rings. The minimum atomic E-state index is -4.70. The fourth-order valence-electron chi connectivity index (χ4n) is 8.06. The number of halogens is 3. The van der Waals surface area contributed by atoms with Gasteiger partial charge in [-0.05, 0) is 126 Å². The first-order valence-electron chi connectivity index (χ1n) is 18.2. The van der Waals surface area contributed by atoms with Crippen LogP contribution in [0, 0.1) is 68.0 Å². The Morgan fingerprint density at radius 2 is 0.800 bits per heavy atom. The highest BCUT2D eigenvalue weighted by molar-refractivity contribution is 6.12. The number of alkyl halides is 3. The zero-order valence-electron chi connectivity index (χ0n) is 30.8. The molecule has 0 aliphatic heterocycles. The van der Waals surface area contributed by atoms with Crippen molar-refractivity contribution in [2.45, 2.75) is 6.18 Å². The average Bonchev–Trinajstić information content (AvgIpc) is 3.78. The molecule has 0 saturated heterocycles. The van der Waals surface area contributed by atoms with Crippen molar-refractivity contribution in [2.75, 3.05) is 0 Å². The third-order valence-corrected chi connectivity index (χ3v) is 10.7. The van der Waals surface area contributed by atoms with Crippen LogP contribution in [0.5, 0.6) is 0 Å². The van der Waals surface area contributed by atoms with E-state index in [2.05, 4.69) is 30.3 Å². The third-order valence-electron chi connectivity index (χ3n) is 10.7. The molecule has 278 valence electrons. The maximum absolute atomic E-state index is 14.0. The number of hydrogen-bond donors (Lipinski definition) is 0. The Labute approximate surface area is 339 Å². The van der Waals surface area contributed by atoms with Crippen molar-refractivity contribution in [2.24, 2.45) is 0 Å². The maximum atomic E-state index is 14.0. The first-order valence-corrected chi connectivity index (χ1v) is 18.2. The smallest absolute Gasteiger partial charge is 0.309 e. The molecule has 2 aromatic heterocycles. The van der Waals surface area contributed by atoms with Crippen molar-refractivity contribution in [3.63, 3.8) is 0 Å². The molecule has 2 heterocycles. The van der Waals surface area contributed by atoms with Crippen LogP contribution in [0.2, 0.25) is 0 Å². The molecule has 9 rings (SSSR count). The van der Waals surface area contributed by atoms with Crippen molar-refractivity contribution in [1.29, 1.82) is 31.6 Å². The zero-order chi connectivity index (χ0) is 41.9. The molecule has 0 spiro atoms. The monoisotopic (exact) mass is 778 g/mol. The molecule has 7 aromatic carbocycles. The van der Waals surface area contributed by atoms with Crippen LogP contribution in [0.3, 0.4) is 0 Å². The van der Waals surface area contributed by atoms with Gasteiger partial charge in [-0.3, -0.25) is 0 Å². The van der Waals surface area contributed by atoms with Crippen molar-refractivity contribution in [3.8, 4) is 70.0 Å². The Bertz CT molecular complexity index is 3480. The van der Waals surface area contributed by atoms with E-state index in [4.69, 9.17) is 0 Å². The Kier molecular flexibility index (Phi) is 8.40. The molecule has 9 aromatic rings. The summed E-state index contributed by atoms with van der Waals surface area (Å²) < 4.78 is 45.8. The standard InChI is InChI=1S/C49H21F3N8/c50-49(51,52)34-6-8-36(33(20-34)27-58)37-9-7-35(59-44-10-1-29(23-54)16-40(44)41-17-30(24-55)2-11-45(41)59)21-38(37)39-15-28(22-53)3-12-46(39)60-47-13-4-31(25-56)18-42(47)43-19-32(26-57)5-14-48(43)60/h1-21H. The van der Waals surface area contributed by atoms with Crippen LogP contribution in [0.1, 0.15) is 38.9 Å². The number of nitrogens with zero attached hydrogens (tertiary/aromatic N) is 8. The molecule has 60 heavy (non-hydrogen) atoms. The Morgan fingerprint density at radius 3 is 1.25 bits per heavy atom. The summed E-state index contributed by atoms with van der Waals surface area (Å²) in [6.07, 6.45) is -4.70. The van der Waals surface area contributed by atoms with Crippen LogP contribution < -0.4 is 0 Å². The minimum absolute atomic E-state index is 0.216. The lowest BCUT2D eigenvalue weighted by Crippen LogP contribution is -2.06. The minimum Gasteiger partial charge on any atom is -0.309 e. The number of fused-ring (bicyclic) bond motifs is 6. The van der Waals surface area contributed by atoms with E-state index in [1.165, 1.54) is 6.07 Å². The van der Waals surface area contributed by atoms with Gasteiger partial charge in [0.05, 0.1) is 103 Å². The predicted molar refractivity (Wildman–Crippen MR) is 219 cm³/mol. The van der Waals surface area contributed by atoms with Crippen molar-refractivity contribution in [3.05, 3.63) is 166 Å². The van der Waals surface area contributed by atoms with Gasteiger partial charge in [0.15, 0.2) is 0 Å². The van der Waals surface area contributed by atoms with Gasteiger partial charge in [-0.15, -0.1) is 0 Å². The summed E-state index contributed by atoms with van der Waals surface area (Å²) in [5, 5.41) is 62.6. The van der Waals surface area contributed by atoms with Crippen LogP contribution >= 0.6 is 0 Å². The van der Waals surface area contributed by atoms with Gasteiger partial charge in [0, 0.05) is 38.4 Å². The van der Waals surface area contributed by atoms with Gasteiger partial charge in [-0.2, -0.15) is 44.7 Å². The van der Waals surface area contributed by atoms with Crippen molar-refractivity contribution < 1.29 is 13.2 Å². The maximum Gasteiger partial charge on any atom is 0.416 e. The first kappa shape index (κ1) is 36.5. The number of hydrogen-bond acceptors (Lipinski definition) is 6. The van der Waals surface area contributed by atoms with Gasteiger partial charge >= 0.3 is 6.18 Å². The highest BCUT2D eigenvalue weighted by Crippen LogP contribution is 2.44. The molecule has 0 unspecified atom stereocenters. The number of rotatable bonds is 4. The predicted octanol–water partition coefficient (Wildman–Crippen LogP) is 11.5. The largest absolute Gasteiger partial charge is 0.416 e. The molecule has 0 bridgehead atoms. The van der Waals surface area contributed by atoms with E-state index in [0.717, 1.165) is 12.1 Å². The SMILES string of the molecule is N#Cc1ccc(-n2c3ccc(C#N)cc3c3cc(C#N)ccc32)c(-c2cc(-n3c4ccc(C#N)cc4c4cc(C#N)ccc43)ccc2-c2ccc(C(F)(F)F)cc2C#N)c1. The topological polar surface area (TPSA) is 153 Å². The molecular formula is C49H21F3N8. The summed E-state index contributed by atoms with van der Waals surface area (Å²) in [5.41, 5.74) is 6.23. The highest BCUT2D eigenvalue weighted by atomic mass is 19.4. The normalized spacial score (nSPS) is 11.2. The lowest BCUT2D eigenvalue weighted by atomic mass is 9.89. The van der Waals surface area contributed by atoms with Gasteiger partial charge < -0.3 is 9.13 Å². The third kappa shape index (κ3) is 5.72. The number of benzene rings is 7. The van der Waals surface area contributed by atoms with Gasteiger partial charge in [-0.25, -0.2) is 0 Å². The summed E-state index contributed by atoms with van der Waals surface area (Å²) in [7, 11) is 0. The summed E-state index contributed by atoms with van der Waals surface area (Å²) in [6, 6.07) is 47.3. The molecule has 0 saturated carbocycles. The average molecular weight is 779 g/mol. The summed E-state index contributed by atoms with van der Waals surface area (Å²) >= 11 is 0. The van der Waals surface area contributed by atoms with E-state index in [1.54, 1.807) is 91.0 Å². The van der Waals surface area contributed by atoms with Gasteiger partial charge in [-0.1, -0.05) is 12.1 Å². The first-order chi connectivity index (χ1) is 29.1. The Morgan fingerprint density at radius 1 is 0.367 bits per heavy atom. The lowest BCUT2D eigenvalue weighted by Gasteiger charge is -2.20. The van der Waals surface area contributed by atoms with Gasteiger partial charge in [0.1, 0.15) is 0 Å². The molecule has 0 aliphatic rings. The lowest BCUT2D eigenvalue weighted by molar-refractivity contribution is -0.137. The van der Waals surface area contributed by atoms with Crippen LogP contribution in [-0.4, -0.2) is 9.13 Å². The Hall–Kier alpha value is -9.13. The molecule has 0 aliphatic carbocycles. The van der Waals surface area contributed by atoms with Crippen molar-refractivity contribution >= 4 is 43.6 Å². The molecule has 0 radical (unpaired) electrons. The second kappa shape index (κ2) is 13.8.